The van der Waals surface area contributed by atoms with Gasteiger partial charge in [-0.2, -0.15) is 0 Å². The quantitative estimate of drug-likeness (QED) is 0.569. The van der Waals surface area contributed by atoms with E-state index in [2.05, 4.69) is 20.8 Å². The number of unbranched alkanes of at least 4 members (excludes halogenated alkanes) is 2. The summed E-state index contributed by atoms with van der Waals surface area (Å²) >= 11 is 0. The summed E-state index contributed by atoms with van der Waals surface area (Å²) in [6, 6.07) is 0. The lowest BCUT2D eigenvalue weighted by molar-refractivity contribution is -0.0979. The molecule has 98 valence electrons. The SMILES string of the molecule is CCCCCC(CC)(CC)OCC(O)CO. The molecule has 0 aromatic heterocycles. The van der Waals surface area contributed by atoms with E-state index in [0.717, 1.165) is 19.3 Å². The van der Waals surface area contributed by atoms with E-state index in [1.165, 1.54) is 19.3 Å². The first-order chi connectivity index (χ1) is 7.64. The highest BCUT2D eigenvalue weighted by Crippen LogP contribution is 2.27. The molecule has 16 heavy (non-hydrogen) atoms. The third-order valence-electron chi connectivity index (χ3n) is 3.32. The Morgan fingerprint density at radius 2 is 1.75 bits per heavy atom. The fraction of sp³-hybridized carbons (Fsp3) is 1.00. The van der Waals surface area contributed by atoms with Crippen LogP contribution in [0, 0.1) is 0 Å². The van der Waals surface area contributed by atoms with Crippen molar-refractivity contribution in [1.29, 1.82) is 0 Å². The first-order valence-corrected chi connectivity index (χ1v) is 6.57. The summed E-state index contributed by atoms with van der Waals surface area (Å²) in [5, 5.41) is 18.1. The second-order valence-electron chi connectivity index (χ2n) is 4.49. The van der Waals surface area contributed by atoms with Crippen molar-refractivity contribution >= 4 is 0 Å². The Morgan fingerprint density at radius 3 is 2.19 bits per heavy atom. The van der Waals surface area contributed by atoms with Crippen LogP contribution in [0.5, 0.6) is 0 Å². The predicted molar refractivity (Wildman–Crippen MR) is 66.5 cm³/mol. The monoisotopic (exact) mass is 232 g/mol. The number of rotatable bonds is 10. The largest absolute Gasteiger partial charge is 0.394 e. The van der Waals surface area contributed by atoms with Crippen LogP contribution in [0.15, 0.2) is 0 Å². The molecule has 0 aliphatic rings. The smallest absolute Gasteiger partial charge is 0.100 e. The topological polar surface area (TPSA) is 49.7 Å². The van der Waals surface area contributed by atoms with E-state index in [1.807, 2.05) is 0 Å². The van der Waals surface area contributed by atoms with E-state index in [9.17, 15) is 5.11 Å². The molecule has 0 fully saturated rings. The fourth-order valence-corrected chi connectivity index (χ4v) is 1.90. The molecule has 0 rings (SSSR count). The summed E-state index contributed by atoms with van der Waals surface area (Å²) in [5.74, 6) is 0. The van der Waals surface area contributed by atoms with Crippen molar-refractivity contribution in [3.63, 3.8) is 0 Å². The van der Waals surface area contributed by atoms with Crippen molar-refractivity contribution < 1.29 is 14.9 Å². The maximum atomic E-state index is 9.31. The van der Waals surface area contributed by atoms with Gasteiger partial charge in [0.2, 0.25) is 0 Å². The van der Waals surface area contributed by atoms with Crippen LogP contribution in [-0.4, -0.2) is 35.1 Å². The Kier molecular flexibility index (Phi) is 8.90. The summed E-state index contributed by atoms with van der Waals surface area (Å²) in [4.78, 5) is 0. The van der Waals surface area contributed by atoms with Crippen LogP contribution < -0.4 is 0 Å². The molecule has 0 saturated heterocycles. The molecule has 1 atom stereocenters. The van der Waals surface area contributed by atoms with E-state index < -0.39 is 6.10 Å². The Hall–Kier alpha value is -0.120. The zero-order valence-corrected chi connectivity index (χ0v) is 11.0. The fourth-order valence-electron chi connectivity index (χ4n) is 1.90. The Labute approximate surface area is 99.8 Å². The van der Waals surface area contributed by atoms with Gasteiger partial charge in [0.15, 0.2) is 0 Å². The molecule has 0 amide bonds. The van der Waals surface area contributed by atoms with Crippen LogP contribution in [0.3, 0.4) is 0 Å². The van der Waals surface area contributed by atoms with Gasteiger partial charge in [0, 0.05) is 0 Å². The standard InChI is InChI=1S/C13H28O3/c1-4-7-8-9-13(5-2,6-3)16-11-12(15)10-14/h12,14-15H,4-11H2,1-3H3. The summed E-state index contributed by atoms with van der Waals surface area (Å²) in [7, 11) is 0. The third kappa shape index (κ3) is 5.83. The zero-order chi connectivity index (χ0) is 12.4. The summed E-state index contributed by atoms with van der Waals surface area (Å²) in [6.07, 6.45) is 5.84. The first kappa shape index (κ1) is 15.9. The maximum absolute atomic E-state index is 9.31. The van der Waals surface area contributed by atoms with Crippen molar-refractivity contribution in [1.82, 2.24) is 0 Å². The van der Waals surface area contributed by atoms with Gasteiger partial charge in [0.05, 0.1) is 18.8 Å². The highest BCUT2D eigenvalue weighted by atomic mass is 16.5. The van der Waals surface area contributed by atoms with Gasteiger partial charge in [-0.05, 0) is 19.3 Å². The highest BCUT2D eigenvalue weighted by molar-refractivity contribution is 4.78. The number of aliphatic hydroxyl groups is 2. The van der Waals surface area contributed by atoms with Crippen LogP contribution in [0.1, 0.15) is 59.3 Å². The van der Waals surface area contributed by atoms with Gasteiger partial charge in [-0.15, -0.1) is 0 Å². The second-order valence-corrected chi connectivity index (χ2v) is 4.49. The van der Waals surface area contributed by atoms with Crippen LogP contribution in [-0.2, 0) is 4.74 Å². The van der Waals surface area contributed by atoms with Gasteiger partial charge in [-0.1, -0.05) is 40.0 Å². The lowest BCUT2D eigenvalue weighted by Gasteiger charge is -2.33. The van der Waals surface area contributed by atoms with E-state index in [1.54, 1.807) is 0 Å². The molecule has 0 radical (unpaired) electrons. The molecule has 0 bridgehead atoms. The van der Waals surface area contributed by atoms with E-state index >= 15 is 0 Å². The second kappa shape index (κ2) is 8.97. The molecule has 3 nitrogen and oxygen atoms in total. The number of hydrogen-bond donors (Lipinski definition) is 2. The molecule has 2 N–H and O–H groups in total. The van der Waals surface area contributed by atoms with Crippen molar-refractivity contribution in [2.75, 3.05) is 13.2 Å². The Balaban J connectivity index is 4.09. The summed E-state index contributed by atoms with van der Waals surface area (Å²) in [5.41, 5.74) is -0.106. The number of hydrogen-bond acceptors (Lipinski definition) is 3. The van der Waals surface area contributed by atoms with Crippen molar-refractivity contribution in [2.45, 2.75) is 71.0 Å². The summed E-state index contributed by atoms with van der Waals surface area (Å²) < 4.78 is 5.82. The minimum Gasteiger partial charge on any atom is -0.394 e. The predicted octanol–water partition coefficient (Wildman–Crippen LogP) is 2.50. The molecular weight excluding hydrogens is 204 g/mol. The van der Waals surface area contributed by atoms with Gasteiger partial charge in [-0.3, -0.25) is 0 Å². The average molecular weight is 232 g/mol. The minimum absolute atomic E-state index is 0.106. The van der Waals surface area contributed by atoms with E-state index in [-0.39, 0.29) is 18.8 Å². The van der Waals surface area contributed by atoms with Crippen molar-refractivity contribution in [3.8, 4) is 0 Å². The van der Waals surface area contributed by atoms with E-state index in [4.69, 9.17) is 9.84 Å². The van der Waals surface area contributed by atoms with E-state index in [0.29, 0.717) is 0 Å². The first-order valence-electron chi connectivity index (χ1n) is 6.57. The van der Waals surface area contributed by atoms with Gasteiger partial charge in [-0.25, -0.2) is 0 Å². The van der Waals surface area contributed by atoms with Gasteiger partial charge in [0.1, 0.15) is 6.10 Å². The molecule has 0 aliphatic carbocycles. The van der Waals surface area contributed by atoms with Crippen LogP contribution >= 0.6 is 0 Å². The minimum atomic E-state index is -0.747. The molecule has 0 aromatic carbocycles. The molecule has 3 heteroatoms. The van der Waals surface area contributed by atoms with Crippen LogP contribution in [0.2, 0.25) is 0 Å². The van der Waals surface area contributed by atoms with Gasteiger partial charge in [0.25, 0.3) is 0 Å². The van der Waals surface area contributed by atoms with Crippen molar-refractivity contribution in [2.24, 2.45) is 0 Å². The highest BCUT2D eigenvalue weighted by Gasteiger charge is 2.27. The number of aliphatic hydroxyl groups excluding tert-OH is 2. The molecule has 0 aliphatic heterocycles. The Bertz CT molecular complexity index is 155. The number of ether oxygens (including phenoxy) is 1. The molecule has 1 unspecified atom stereocenters. The zero-order valence-electron chi connectivity index (χ0n) is 11.0. The Morgan fingerprint density at radius 1 is 1.12 bits per heavy atom. The molecule has 0 saturated carbocycles. The molecule has 0 aromatic rings. The normalized spacial score (nSPS) is 14.1. The van der Waals surface area contributed by atoms with Crippen LogP contribution in [0.25, 0.3) is 0 Å². The molecule has 0 heterocycles. The van der Waals surface area contributed by atoms with Gasteiger partial charge < -0.3 is 14.9 Å². The molecule has 0 spiro atoms. The van der Waals surface area contributed by atoms with Crippen LogP contribution in [0.4, 0.5) is 0 Å². The average Bonchev–Trinajstić information content (AvgIpc) is 2.33. The van der Waals surface area contributed by atoms with Crippen molar-refractivity contribution in [3.05, 3.63) is 0 Å². The lowest BCUT2D eigenvalue weighted by atomic mass is 9.90. The van der Waals surface area contributed by atoms with Gasteiger partial charge >= 0.3 is 0 Å². The third-order valence-corrected chi connectivity index (χ3v) is 3.32. The summed E-state index contributed by atoms with van der Waals surface area (Å²) in [6.45, 7) is 6.46. The maximum Gasteiger partial charge on any atom is 0.100 e. The lowest BCUT2D eigenvalue weighted by Crippen LogP contribution is -2.35. The molecular formula is C13H28O3.